The lowest BCUT2D eigenvalue weighted by Crippen LogP contribution is -2.58. The van der Waals surface area contributed by atoms with Crippen molar-refractivity contribution in [3.05, 3.63) is 12.7 Å². The Labute approximate surface area is 61.1 Å². The molecular formula is C7H14N2O. The summed E-state index contributed by atoms with van der Waals surface area (Å²) < 4.78 is 0. The minimum atomic E-state index is -0.750. The van der Waals surface area contributed by atoms with Crippen LogP contribution in [0, 0.1) is 0 Å². The number of β-amino-alcohol motifs (C(OH)–C–C–N with tert-alkyl or cyclic N) is 1. The van der Waals surface area contributed by atoms with Gasteiger partial charge in [-0.2, -0.15) is 0 Å². The van der Waals surface area contributed by atoms with E-state index in [1.807, 2.05) is 0 Å². The summed E-state index contributed by atoms with van der Waals surface area (Å²) in [7, 11) is 0. The van der Waals surface area contributed by atoms with Crippen molar-refractivity contribution >= 4 is 0 Å². The zero-order valence-electron chi connectivity index (χ0n) is 6.06. The van der Waals surface area contributed by atoms with Crippen LogP contribution in [0.15, 0.2) is 12.7 Å². The van der Waals surface area contributed by atoms with E-state index in [1.165, 1.54) is 0 Å². The summed E-state index contributed by atoms with van der Waals surface area (Å²) in [5.74, 6) is 0. The monoisotopic (exact) mass is 142 g/mol. The SMILES string of the molecule is C=CCC1(O)CNCCN1. The average Bonchev–Trinajstić information content (AvgIpc) is 1.89. The Bertz CT molecular complexity index is 119. The van der Waals surface area contributed by atoms with E-state index in [4.69, 9.17) is 0 Å². The molecule has 3 N–H and O–H groups in total. The van der Waals surface area contributed by atoms with Crippen molar-refractivity contribution in [2.24, 2.45) is 0 Å². The molecule has 0 aromatic rings. The summed E-state index contributed by atoms with van der Waals surface area (Å²) in [6.07, 6.45) is 2.32. The predicted molar refractivity (Wildman–Crippen MR) is 40.6 cm³/mol. The lowest BCUT2D eigenvalue weighted by Gasteiger charge is -2.32. The Morgan fingerprint density at radius 3 is 2.90 bits per heavy atom. The van der Waals surface area contributed by atoms with Gasteiger partial charge in [0.05, 0.1) is 0 Å². The molecule has 0 bridgehead atoms. The van der Waals surface area contributed by atoms with Crippen molar-refractivity contribution in [2.45, 2.75) is 12.1 Å². The first-order valence-corrected chi connectivity index (χ1v) is 3.56. The molecule has 1 aliphatic heterocycles. The first-order chi connectivity index (χ1) is 4.77. The smallest absolute Gasteiger partial charge is 0.132 e. The van der Waals surface area contributed by atoms with Gasteiger partial charge in [0.25, 0.3) is 0 Å². The molecule has 3 nitrogen and oxygen atoms in total. The van der Waals surface area contributed by atoms with Crippen LogP contribution in [0.4, 0.5) is 0 Å². The zero-order chi connectivity index (χ0) is 7.45. The fourth-order valence-electron chi connectivity index (χ4n) is 1.12. The van der Waals surface area contributed by atoms with Crippen LogP contribution in [-0.4, -0.2) is 30.5 Å². The molecule has 0 aliphatic carbocycles. The maximum Gasteiger partial charge on any atom is 0.132 e. The molecule has 1 aliphatic rings. The molecule has 1 rings (SSSR count). The van der Waals surface area contributed by atoms with Gasteiger partial charge in [-0.15, -0.1) is 6.58 Å². The molecule has 0 saturated carbocycles. The number of hydrogen-bond acceptors (Lipinski definition) is 3. The van der Waals surface area contributed by atoms with E-state index in [0.29, 0.717) is 13.0 Å². The van der Waals surface area contributed by atoms with Crippen LogP contribution >= 0.6 is 0 Å². The van der Waals surface area contributed by atoms with Crippen molar-refractivity contribution in [1.82, 2.24) is 10.6 Å². The Morgan fingerprint density at radius 2 is 2.40 bits per heavy atom. The van der Waals surface area contributed by atoms with Gasteiger partial charge in [-0.3, -0.25) is 5.32 Å². The predicted octanol–water partition coefficient (Wildman–Crippen LogP) is -0.556. The maximum absolute atomic E-state index is 9.63. The fourth-order valence-corrected chi connectivity index (χ4v) is 1.12. The zero-order valence-corrected chi connectivity index (χ0v) is 6.06. The van der Waals surface area contributed by atoms with Gasteiger partial charge in [0, 0.05) is 26.1 Å². The van der Waals surface area contributed by atoms with Gasteiger partial charge in [0.15, 0.2) is 0 Å². The Balaban J connectivity index is 2.39. The third kappa shape index (κ3) is 1.80. The van der Waals surface area contributed by atoms with Crippen LogP contribution in [0.3, 0.4) is 0 Å². The summed E-state index contributed by atoms with van der Waals surface area (Å²) in [5.41, 5.74) is -0.750. The largest absolute Gasteiger partial charge is 0.374 e. The molecule has 0 aromatic heterocycles. The van der Waals surface area contributed by atoms with Gasteiger partial charge in [0.1, 0.15) is 5.72 Å². The summed E-state index contributed by atoms with van der Waals surface area (Å²) in [5, 5.41) is 15.7. The average molecular weight is 142 g/mol. The second kappa shape index (κ2) is 3.14. The Morgan fingerprint density at radius 1 is 1.60 bits per heavy atom. The summed E-state index contributed by atoms with van der Waals surface area (Å²) >= 11 is 0. The molecule has 3 heteroatoms. The molecule has 58 valence electrons. The molecule has 0 radical (unpaired) electrons. The fraction of sp³-hybridized carbons (Fsp3) is 0.714. The van der Waals surface area contributed by atoms with Crippen molar-refractivity contribution in [2.75, 3.05) is 19.6 Å². The van der Waals surface area contributed by atoms with Crippen molar-refractivity contribution in [3.63, 3.8) is 0 Å². The Hall–Kier alpha value is -0.380. The van der Waals surface area contributed by atoms with Gasteiger partial charge >= 0.3 is 0 Å². The quantitative estimate of drug-likeness (QED) is 0.453. The highest BCUT2D eigenvalue weighted by Gasteiger charge is 2.26. The number of aliphatic hydroxyl groups is 1. The molecule has 0 amide bonds. The van der Waals surface area contributed by atoms with Gasteiger partial charge in [-0.25, -0.2) is 0 Å². The topological polar surface area (TPSA) is 44.3 Å². The first-order valence-electron chi connectivity index (χ1n) is 3.56. The van der Waals surface area contributed by atoms with E-state index in [1.54, 1.807) is 6.08 Å². The van der Waals surface area contributed by atoms with Crippen molar-refractivity contribution < 1.29 is 5.11 Å². The first kappa shape index (κ1) is 7.72. The molecule has 1 unspecified atom stereocenters. The molecule has 1 heterocycles. The molecule has 10 heavy (non-hydrogen) atoms. The third-order valence-electron chi connectivity index (χ3n) is 1.66. The number of nitrogens with one attached hydrogen (secondary N) is 2. The summed E-state index contributed by atoms with van der Waals surface area (Å²) in [6, 6.07) is 0. The van der Waals surface area contributed by atoms with Crippen LogP contribution in [0.1, 0.15) is 6.42 Å². The highest BCUT2D eigenvalue weighted by Crippen LogP contribution is 2.06. The van der Waals surface area contributed by atoms with Crippen LogP contribution in [0.25, 0.3) is 0 Å². The molecule has 1 atom stereocenters. The van der Waals surface area contributed by atoms with E-state index in [0.717, 1.165) is 13.1 Å². The second-order valence-corrected chi connectivity index (χ2v) is 2.63. The molecular weight excluding hydrogens is 128 g/mol. The number of rotatable bonds is 2. The third-order valence-corrected chi connectivity index (χ3v) is 1.66. The van der Waals surface area contributed by atoms with Crippen LogP contribution in [-0.2, 0) is 0 Å². The summed E-state index contributed by atoms with van der Waals surface area (Å²) in [4.78, 5) is 0. The number of piperazine rings is 1. The van der Waals surface area contributed by atoms with Gasteiger partial charge in [0.2, 0.25) is 0 Å². The van der Waals surface area contributed by atoms with Crippen LogP contribution < -0.4 is 10.6 Å². The van der Waals surface area contributed by atoms with Gasteiger partial charge in [-0.1, -0.05) is 6.08 Å². The van der Waals surface area contributed by atoms with Crippen molar-refractivity contribution in [1.29, 1.82) is 0 Å². The van der Waals surface area contributed by atoms with E-state index < -0.39 is 5.72 Å². The summed E-state index contributed by atoms with van der Waals surface area (Å²) in [6.45, 7) is 5.94. The van der Waals surface area contributed by atoms with E-state index >= 15 is 0 Å². The molecule has 0 spiro atoms. The second-order valence-electron chi connectivity index (χ2n) is 2.63. The molecule has 0 aromatic carbocycles. The van der Waals surface area contributed by atoms with E-state index in [9.17, 15) is 5.11 Å². The molecule has 1 saturated heterocycles. The highest BCUT2D eigenvalue weighted by molar-refractivity contribution is 4.88. The lowest BCUT2D eigenvalue weighted by atomic mass is 10.1. The van der Waals surface area contributed by atoms with Crippen LogP contribution in [0.2, 0.25) is 0 Å². The maximum atomic E-state index is 9.63. The van der Waals surface area contributed by atoms with E-state index in [-0.39, 0.29) is 0 Å². The molecule has 1 fully saturated rings. The van der Waals surface area contributed by atoms with Crippen LogP contribution in [0.5, 0.6) is 0 Å². The lowest BCUT2D eigenvalue weighted by molar-refractivity contribution is -0.00329. The van der Waals surface area contributed by atoms with Gasteiger partial charge in [-0.05, 0) is 0 Å². The highest BCUT2D eigenvalue weighted by atomic mass is 16.3. The standard InChI is InChI=1S/C7H14N2O/c1-2-3-7(10)6-8-4-5-9-7/h2,8-10H,1,3-6H2. The minimum absolute atomic E-state index is 0.597. The normalized spacial score (nSPS) is 33.7. The Kier molecular flexibility index (Phi) is 2.43. The van der Waals surface area contributed by atoms with E-state index in [2.05, 4.69) is 17.2 Å². The van der Waals surface area contributed by atoms with Crippen molar-refractivity contribution in [3.8, 4) is 0 Å². The number of hydrogen-bond donors (Lipinski definition) is 3. The minimum Gasteiger partial charge on any atom is -0.374 e. The van der Waals surface area contributed by atoms with Gasteiger partial charge < -0.3 is 10.4 Å².